The zero-order valence-electron chi connectivity index (χ0n) is 20.4. The van der Waals surface area contributed by atoms with E-state index in [1.807, 2.05) is 12.1 Å². The number of nitrogens with one attached hydrogen (secondary N) is 3. The number of carboxylic acid groups (broad SMARTS) is 1. The molecule has 198 valence electrons. The van der Waals surface area contributed by atoms with Gasteiger partial charge in [-0.3, -0.25) is 25.0 Å². The van der Waals surface area contributed by atoms with E-state index >= 15 is 0 Å². The van der Waals surface area contributed by atoms with Crippen LogP contribution in [0.25, 0.3) is 0 Å². The number of imide groups is 1. The molecule has 1 atom stereocenters. The number of carboxylic acids is 1. The van der Waals surface area contributed by atoms with Gasteiger partial charge in [0.25, 0.3) is 5.91 Å². The van der Waals surface area contributed by atoms with Crippen molar-refractivity contribution in [1.82, 2.24) is 25.8 Å². The van der Waals surface area contributed by atoms with Gasteiger partial charge in [-0.2, -0.15) is 0 Å². The highest BCUT2D eigenvalue weighted by Gasteiger charge is 2.39. The van der Waals surface area contributed by atoms with Gasteiger partial charge < -0.3 is 24.4 Å². The predicted octanol–water partition coefficient (Wildman–Crippen LogP) is 1.75. The summed E-state index contributed by atoms with van der Waals surface area (Å²) in [5, 5.41) is 22.7. The number of anilines is 1. The van der Waals surface area contributed by atoms with Crippen molar-refractivity contribution < 1.29 is 38.1 Å². The molecule has 0 spiro atoms. The highest BCUT2D eigenvalue weighted by atomic mass is 16.5. The number of carbonyl (C=O) groups is 5. The maximum Gasteiger partial charge on any atom is 0.358 e. The molecule has 4 heterocycles. The molecule has 0 saturated carbocycles. The van der Waals surface area contributed by atoms with Crippen LogP contribution in [0.15, 0.2) is 39.4 Å². The quantitative estimate of drug-likeness (QED) is 0.357. The van der Waals surface area contributed by atoms with Crippen LogP contribution in [0.3, 0.4) is 0 Å². The number of benzene rings is 1. The second kappa shape index (κ2) is 10.9. The second-order valence-electron chi connectivity index (χ2n) is 8.65. The SMILES string of the molecule is Cc1cc(C(=O)O)no1.Cc1cc(NC(=O)NCc2ccc3c(c2)C(=O)N(C2CCC(=O)NC2=O)C3)no1. The fourth-order valence-corrected chi connectivity index (χ4v) is 3.95. The first-order chi connectivity index (χ1) is 18.1. The van der Waals surface area contributed by atoms with E-state index in [2.05, 4.69) is 30.8 Å². The third-order valence-electron chi connectivity index (χ3n) is 5.76. The van der Waals surface area contributed by atoms with Crippen molar-refractivity contribution >= 4 is 35.5 Å². The summed E-state index contributed by atoms with van der Waals surface area (Å²) < 4.78 is 9.38. The predicted molar refractivity (Wildman–Crippen MR) is 128 cm³/mol. The molecule has 1 fully saturated rings. The minimum absolute atomic E-state index is 0.0486. The molecule has 0 aliphatic carbocycles. The first-order valence-electron chi connectivity index (χ1n) is 11.5. The summed E-state index contributed by atoms with van der Waals surface area (Å²) in [6.07, 6.45) is 0.534. The molecule has 1 aromatic carbocycles. The van der Waals surface area contributed by atoms with Gasteiger partial charge in [-0.05, 0) is 37.5 Å². The fraction of sp³-hybridized carbons (Fsp3) is 0.292. The van der Waals surface area contributed by atoms with Crippen molar-refractivity contribution in [3.63, 3.8) is 0 Å². The molecule has 5 rings (SSSR count). The van der Waals surface area contributed by atoms with E-state index in [4.69, 9.17) is 9.63 Å². The van der Waals surface area contributed by atoms with E-state index in [9.17, 15) is 24.0 Å². The maximum absolute atomic E-state index is 12.8. The Bertz CT molecular complexity index is 1410. The largest absolute Gasteiger partial charge is 0.476 e. The van der Waals surface area contributed by atoms with Gasteiger partial charge in [-0.25, -0.2) is 9.59 Å². The molecule has 0 radical (unpaired) electrons. The summed E-state index contributed by atoms with van der Waals surface area (Å²) in [5.41, 5.74) is 2.01. The molecule has 0 bridgehead atoms. The molecule has 3 aromatic rings. The van der Waals surface area contributed by atoms with E-state index in [1.54, 1.807) is 26.0 Å². The average molecular weight is 524 g/mol. The number of urea groups is 1. The number of nitrogens with zero attached hydrogens (tertiary/aromatic N) is 3. The number of carbonyl (C=O) groups excluding carboxylic acids is 4. The molecule has 4 N–H and O–H groups in total. The number of rotatable bonds is 5. The van der Waals surface area contributed by atoms with Crippen LogP contribution in [-0.2, 0) is 22.7 Å². The highest BCUT2D eigenvalue weighted by molar-refractivity contribution is 6.05. The Morgan fingerprint density at radius 1 is 1.11 bits per heavy atom. The molecule has 14 nitrogen and oxygen atoms in total. The standard InChI is InChI=1S/C19H19N5O5.C5H5NO3/c1-10-6-15(23-29-10)21-19(28)20-8-11-2-3-12-9-24(18(27)13(12)7-11)14-4-5-16(25)22-17(14)26;1-3-2-4(5(7)8)6-9-3/h2-3,6-7,14H,4-5,8-9H2,1H3,(H,22,25,26)(H2,20,21,23,28);2H,1H3,(H,7,8). The molecule has 2 aliphatic rings. The van der Waals surface area contributed by atoms with Crippen LogP contribution in [0.2, 0.25) is 0 Å². The molecule has 1 saturated heterocycles. The molecule has 1 unspecified atom stereocenters. The number of piperidine rings is 1. The monoisotopic (exact) mass is 524 g/mol. The van der Waals surface area contributed by atoms with E-state index in [-0.39, 0.29) is 30.5 Å². The molecule has 38 heavy (non-hydrogen) atoms. The van der Waals surface area contributed by atoms with Crippen LogP contribution >= 0.6 is 0 Å². The Balaban J connectivity index is 0.000000317. The van der Waals surface area contributed by atoms with Crippen LogP contribution in [0, 0.1) is 13.8 Å². The van der Waals surface area contributed by atoms with E-state index in [0.717, 1.165) is 11.1 Å². The van der Waals surface area contributed by atoms with Crippen molar-refractivity contribution in [3.05, 3.63) is 64.2 Å². The van der Waals surface area contributed by atoms with Crippen molar-refractivity contribution in [2.24, 2.45) is 0 Å². The Hall–Kier alpha value is -5.01. The number of amides is 5. The summed E-state index contributed by atoms with van der Waals surface area (Å²) in [4.78, 5) is 59.8. The molecule has 2 aliphatic heterocycles. The third-order valence-corrected chi connectivity index (χ3v) is 5.76. The van der Waals surface area contributed by atoms with Gasteiger partial charge in [-0.15, -0.1) is 0 Å². The van der Waals surface area contributed by atoms with Gasteiger partial charge in [0.1, 0.15) is 17.6 Å². The maximum atomic E-state index is 12.8. The van der Waals surface area contributed by atoms with Crippen LogP contribution in [-0.4, -0.2) is 56.1 Å². The fourth-order valence-electron chi connectivity index (χ4n) is 3.95. The minimum atomic E-state index is -1.06. The minimum Gasteiger partial charge on any atom is -0.476 e. The van der Waals surface area contributed by atoms with Crippen LogP contribution in [0.5, 0.6) is 0 Å². The smallest absolute Gasteiger partial charge is 0.358 e. The van der Waals surface area contributed by atoms with Crippen molar-refractivity contribution in [3.8, 4) is 0 Å². The molecule has 14 heteroatoms. The van der Waals surface area contributed by atoms with E-state index in [0.29, 0.717) is 35.9 Å². The lowest BCUT2D eigenvalue weighted by Crippen LogP contribution is -2.52. The van der Waals surface area contributed by atoms with Gasteiger partial charge in [-0.1, -0.05) is 22.4 Å². The van der Waals surface area contributed by atoms with Crippen LogP contribution in [0.4, 0.5) is 10.6 Å². The van der Waals surface area contributed by atoms with Crippen molar-refractivity contribution in [1.29, 1.82) is 0 Å². The number of aromatic carboxylic acids is 1. The zero-order valence-corrected chi connectivity index (χ0v) is 20.4. The lowest BCUT2D eigenvalue weighted by Gasteiger charge is -2.29. The Kier molecular flexibility index (Phi) is 7.50. The summed E-state index contributed by atoms with van der Waals surface area (Å²) in [6, 6.07) is 7.21. The number of hydrogen-bond acceptors (Lipinski definition) is 9. The van der Waals surface area contributed by atoms with Gasteiger partial charge in [0.15, 0.2) is 11.5 Å². The van der Waals surface area contributed by atoms with E-state index in [1.165, 1.54) is 11.0 Å². The third kappa shape index (κ3) is 6.03. The van der Waals surface area contributed by atoms with Crippen LogP contribution < -0.4 is 16.0 Å². The zero-order chi connectivity index (χ0) is 27.4. The molecular formula is C24H24N6O8. The first-order valence-corrected chi connectivity index (χ1v) is 11.5. The summed E-state index contributed by atoms with van der Waals surface area (Å²) in [5.74, 6) is -0.674. The number of hydrogen-bond donors (Lipinski definition) is 4. The molecular weight excluding hydrogens is 500 g/mol. The Morgan fingerprint density at radius 2 is 1.84 bits per heavy atom. The normalized spacial score (nSPS) is 16.3. The highest BCUT2D eigenvalue weighted by Crippen LogP contribution is 2.28. The lowest BCUT2D eigenvalue weighted by molar-refractivity contribution is -0.136. The number of fused-ring (bicyclic) bond motifs is 1. The second-order valence-corrected chi connectivity index (χ2v) is 8.65. The van der Waals surface area contributed by atoms with E-state index < -0.39 is 23.9 Å². The Morgan fingerprint density at radius 3 is 2.45 bits per heavy atom. The van der Waals surface area contributed by atoms with Crippen molar-refractivity contribution in [2.45, 2.75) is 45.8 Å². The van der Waals surface area contributed by atoms with Gasteiger partial charge in [0.05, 0.1) is 0 Å². The topological polar surface area (TPSA) is 197 Å². The van der Waals surface area contributed by atoms with Crippen molar-refractivity contribution in [2.75, 3.05) is 5.32 Å². The first kappa shape index (κ1) is 26.1. The average Bonchev–Trinajstić information content (AvgIpc) is 3.57. The van der Waals surface area contributed by atoms with Gasteiger partial charge >= 0.3 is 12.0 Å². The Labute approximate surface area is 215 Å². The van der Waals surface area contributed by atoms with Gasteiger partial charge in [0.2, 0.25) is 11.8 Å². The molecule has 5 amide bonds. The van der Waals surface area contributed by atoms with Gasteiger partial charge in [0, 0.05) is 37.2 Å². The van der Waals surface area contributed by atoms with Crippen LogP contribution in [0.1, 0.15) is 56.3 Å². The molecule has 2 aromatic heterocycles. The summed E-state index contributed by atoms with van der Waals surface area (Å²) in [6.45, 7) is 3.89. The number of aromatic nitrogens is 2. The number of aryl methyl sites for hydroxylation is 2. The summed E-state index contributed by atoms with van der Waals surface area (Å²) >= 11 is 0. The lowest BCUT2D eigenvalue weighted by atomic mass is 10.0. The summed E-state index contributed by atoms with van der Waals surface area (Å²) in [7, 11) is 0.